The van der Waals surface area contributed by atoms with E-state index in [1.165, 1.54) is 0 Å². The van der Waals surface area contributed by atoms with Crippen LogP contribution in [0.5, 0.6) is 0 Å². The highest BCUT2D eigenvalue weighted by Crippen LogP contribution is 2.33. The number of halogens is 1. The van der Waals surface area contributed by atoms with Crippen LogP contribution in [0.2, 0.25) is 5.02 Å². The van der Waals surface area contributed by atoms with Gasteiger partial charge in [0, 0.05) is 17.6 Å². The van der Waals surface area contributed by atoms with Crippen LogP contribution in [0.15, 0.2) is 24.3 Å². The molecule has 18 heavy (non-hydrogen) atoms. The number of rotatable bonds is 4. The van der Waals surface area contributed by atoms with Gasteiger partial charge in [0.15, 0.2) is 0 Å². The monoisotopic (exact) mass is 267 g/mol. The van der Waals surface area contributed by atoms with Crippen LogP contribution in [0.4, 0.5) is 0 Å². The van der Waals surface area contributed by atoms with Crippen molar-refractivity contribution in [3.05, 3.63) is 34.9 Å². The van der Waals surface area contributed by atoms with Crippen LogP contribution in [-0.2, 0) is 0 Å². The second-order valence-corrected chi connectivity index (χ2v) is 5.95. The minimum atomic E-state index is -0.496. The maximum atomic E-state index is 10.5. The Balaban J connectivity index is 2.05. The first kappa shape index (κ1) is 13.9. The first-order valence-electron chi connectivity index (χ1n) is 6.69. The summed E-state index contributed by atoms with van der Waals surface area (Å²) in [5.74, 6) is 0. The number of hydrogen-bond donors (Lipinski definition) is 1. The van der Waals surface area contributed by atoms with E-state index in [0.29, 0.717) is 0 Å². The molecule has 1 fully saturated rings. The summed E-state index contributed by atoms with van der Waals surface area (Å²) in [6.45, 7) is 2.86. The van der Waals surface area contributed by atoms with Gasteiger partial charge in [-0.15, -0.1) is 0 Å². The van der Waals surface area contributed by atoms with Gasteiger partial charge >= 0.3 is 0 Å². The average Bonchev–Trinajstić information content (AvgIpc) is 2.75. The first-order valence-corrected chi connectivity index (χ1v) is 7.07. The third-order valence-corrected chi connectivity index (χ3v) is 4.44. The zero-order chi connectivity index (χ0) is 13.2. The molecule has 1 N–H and O–H groups in total. The Kier molecular flexibility index (Phi) is 4.31. The van der Waals surface area contributed by atoms with Crippen molar-refractivity contribution in [3.8, 4) is 0 Å². The van der Waals surface area contributed by atoms with Crippen molar-refractivity contribution in [2.45, 2.75) is 44.2 Å². The van der Waals surface area contributed by atoms with Gasteiger partial charge in [0.05, 0.1) is 5.60 Å². The molecule has 1 unspecified atom stereocenters. The van der Waals surface area contributed by atoms with E-state index in [9.17, 15) is 5.11 Å². The molecule has 0 radical (unpaired) electrons. The van der Waals surface area contributed by atoms with Crippen molar-refractivity contribution in [1.82, 2.24) is 4.90 Å². The fourth-order valence-electron chi connectivity index (χ4n) is 2.84. The summed E-state index contributed by atoms with van der Waals surface area (Å²) < 4.78 is 0. The lowest BCUT2D eigenvalue weighted by Gasteiger charge is -2.33. The minimum absolute atomic E-state index is 0.225. The Hall–Kier alpha value is -0.570. The summed E-state index contributed by atoms with van der Waals surface area (Å²) in [6, 6.07) is 8.16. The van der Waals surface area contributed by atoms with Gasteiger partial charge in [-0.25, -0.2) is 0 Å². The second-order valence-electron chi connectivity index (χ2n) is 5.54. The molecule has 0 saturated heterocycles. The molecule has 0 aliphatic heterocycles. The van der Waals surface area contributed by atoms with Gasteiger partial charge in [-0.05, 0) is 38.4 Å². The standard InChI is InChI=1S/C15H22ClNO/c1-12(13-7-3-4-8-14(13)16)17(2)11-15(18)9-5-6-10-15/h3-4,7-8,12,18H,5-6,9-11H2,1-2H3. The minimum Gasteiger partial charge on any atom is -0.389 e. The Morgan fingerprint density at radius 2 is 1.94 bits per heavy atom. The lowest BCUT2D eigenvalue weighted by Crippen LogP contribution is -2.40. The lowest BCUT2D eigenvalue weighted by atomic mass is 9.99. The van der Waals surface area contributed by atoms with Crippen LogP contribution in [0.1, 0.15) is 44.2 Å². The predicted molar refractivity (Wildman–Crippen MR) is 75.9 cm³/mol. The molecular weight excluding hydrogens is 246 g/mol. The molecule has 2 nitrogen and oxygen atoms in total. The summed E-state index contributed by atoms with van der Waals surface area (Å²) >= 11 is 6.23. The quantitative estimate of drug-likeness (QED) is 0.900. The molecule has 100 valence electrons. The van der Waals surface area contributed by atoms with Gasteiger partial charge in [-0.1, -0.05) is 42.6 Å². The topological polar surface area (TPSA) is 23.5 Å². The van der Waals surface area contributed by atoms with Crippen LogP contribution in [0.3, 0.4) is 0 Å². The normalized spacial score (nSPS) is 20.3. The Morgan fingerprint density at radius 3 is 2.56 bits per heavy atom. The SMILES string of the molecule is CC(c1ccccc1Cl)N(C)CC1(O)CCCC1. The highest BCUT2D eigenvalue weighted by Gasteiger charge is 2.33. The summed E-state index contributed by atoms with van der Waals surface area (Å²) in [4.78, 5) is 2.20. The van der Waals surface area contributed by atoms with E-state index in [0.717, 1.165) is 42.8 Å². The highest BCUT2D eigenvalue weighted by atomic mass is 35.5. The molecule has 0 spiro atoms. The van der Waals surface area contributed by atoms with Crippen molar-refractivity contribution in [1.29, 1.82) is 0 Å². The predicted octanol–water partition coefficient (Wildman–Crippen LogP) is 3.64. The molecule has 1 aliphatic carbocycles. The Bertz CT molecular complexity index is 401. The van der Waals surface area contributed by atoms with E-state index < -0.39 is 5.60 Å². The van der Waals surface area contributed by atoms with Crippen molar-refractivity contribution in [2.24, 2.45) is 0 Å². The van der Waals surface area contributed by atoms with Gasteiger partial charge in [-0.2, -0.15) is 0 Å². The van der Waals surface area contributed by atoms with E-state index in [-0.39, 0.29) is 6.04 Å². The summed E-state index contributed by atoms with van der Waals surface area (Å²) in [5, 5.41) is 11.3. The number of hydrogen-bond acceptors (Lipinski definition) is 2. The maximum Gasteiger partial charge on any atom is 0.0774 e. The number of likely N-dealkylation sites (N-methyl/N-ethyl adjacent to an activating group) is 1. The van der Waals surface area contributed by atoms with Crippen LogP contribution < -0.4 is 0 Å². The van der Waals surface area contributed by atoms with E-state index in [2.05, 4.69) is 24.9 Å². The fourth-order valence-corrected chi connectivity index (χ4v) is 3.14. The molecule has 1 atom stereocenters. The van der Waals surface area contributed by atoms with E-state index in [1.54, 1.807) is 0 Å². The van der Waals surface area contributed by atoms with Crippen LogP contribution >= 0.6 is 11.6 Å². The molecular formula is C15H22ClNO. The molecule has 0 amide bonds. The van der Waals surface area contributed by atoms with Crippen molar-refractivity contribution in [3.63, 3.8) is 0 Å². The number of aliphatic hydroxyl groups is 1. The Morgan fingerprint density at radius 1 is 1.33 bits per heavy atom. The fraction of sp³-hybridized carbons (Fsp3) is 0.600. The molecule has 1 aromatic rings. The van der Waals surface area contributed by atoms with Gasteiger partial charge in [0.25, 0.3) is 0 Å². The van der Waals surface area contributed by atoms with E-state index >= 15 is 0 Å². The van der Waals surface area contributed by atoms with Crippen molar-refractivity contribution < 1.29 is 5.11 Å². The van der Waals surface area contributed by atoms with E-state index in [1.807, 2.05) is 18.2 Å². The largest absolute Gasteiger partial charge is 0.389 e. The smallest absolute Gasteiger partial charge is 0.0774 e. The molecule has 1 aromatic carbocycles. The zero-order valence-electron chi connectivity index (χ0n) is 11.2. The molecule has 0 heterocycles. The van der Waals surface area contributed by atoms with E-state index in [4.69, 9.17) is 11.6 Å². The molecule has 3 heteroatoms. The number of nitrogens with zero attached hydrogens (tertiary/aromatic N) is 1. The molecule has 1 saturated carbocycles. The second kappa shape index (κ2) is 5.60. The van der Waals surface area contributed by atoms with Crippen LogP contribution in [0, 0.1) is 0 Å². The molecule has 0 bridgehead atoms. The van der Waals surface area contributed by atoms with Gasteiger partial charge < -0.3 is 5.11 Å². The maximum absolute atomic E-state index is 10.5. The summed E-state index contributed by atoms with van der Waals surface area (Å²) in [6.07, 6.45) is 4.13. The van der Waals surface area contributed by atoms with Crippen molar-refractivity contribution >= 4 is 11.6 Å². The summed E-state index contributed by atoms with van der Waals surface area (Å²) in [5.41, 5.74) is 0.632. The molecule has 2 rings (SSSR count). The highest BCUT2D eigenvalue weighted by molar-refractivity contribution is 6.31. The van der Waals surface area contributed by atoms with Crippen LogP contribution in [-0.4, -0.2) is 29.2 Å². The molecule has 1 aliphatic rings. The third-order valence-electron chi connectivity index (χ3n) is 4.09. The van der Waals surface area contributed by atoms with Crippen molar-refractivity contribution in [2.75, 3.05) is 13.6 Å². The van der Waals surface area contributed by atoms with Gasteiger partial charge in [0.2, 0.25) is 0 Å². The Labute approximate surface area is 115 Å². The van der Waals surface area contributed by atoms with Gasteiger partial charge in [0.1, 0.15) is 0 Å². The van der Waals surface area contributed by atoms with Crippen LogP contribution in [0.25, 0.3) is 0 Å². The first-order chi connectivity index (χ1) is 8.52. The van der Waals surface area contributed by atoms with Gasteiger partial charge in [-0.3, -0.25) is 4.90 Å². The third kappa shape index (κ3) is 3.05. The lowest BCUT2D eigenvalue weighted by molar-refractivity contribution is 0.00696. The zero-order valence-corrected chi connectivity index (χ0v) is 12.0. The molecule has 0 aromatic heterocycles. The average molecular weight is 268 g/mol. The summed E-state index contributed by atoms with van der Waals surface area (Å²) in [7, 11) is 2.06. The number of benzene rings is 1.